The molecule has 0 saturated heterocycles. The van der Waals surface area contributed by atoms with Gasteiger partial charge in [-0.05, 0) is 47.7 Å². The first-order valence-corrected chi connectivity index (χ1v) is 5.77. The molecule has 0 aliphatic rings. The van der Waals surface area contributed by atoms with Crippen LogP contribution in [-0.4, -0.2) is 18.5 Å². The first kappa shape index (κ1) is 13.0. The van der Waals surface area contributed by atoms with Crippen molar-refractivity contribution in [2.45, 2.75) is 13.8 Å². The Morgan fingerprint density at radius 3 is 2.62 bits per heavy atom. The fourth-order valence-electron chi connectivity index (χ4n) is 1.11. The van der Waals surface area contributed by atoms with Crippen LogP contribution in [-0.2, 0) is 9.53 Å². The lowest BCUT2D eigenvalue weighted by molar-refractivity contribution is -0.131. The van der Waals surface area contributed by atoms with Gasteiger partial charge >= 0.3 is 11.9 Å². The Morgan fingerprint density at radius 2 is 2.06 bits per heavy atom. The molecule has 0 aliphatic carbocycles. The van der Waals surface area contributed by atoms with Gasteiger partial charge in [-0.2, -0.15) is 0 Å². The third kappa shape index (κ3) is 3.48. The maximum atomic E-state index is 11.6. The van der Waals surface area contributed by atoms with Crippen LogP contribution in [0.5, 0.6) is 5.75 Å². The van der Waals surface area contributed by atoms with Crippen LogP contribution in [0.25, 0.3) is 0 Å². The van der Waals surface area contributed by atoms with Crippen LogP contribution in [0.1, 0.15) is 24.2 Å². The molecule has 0 spiro atoms. The monoisotopic (exact) mass is 334 g/mol. The molecule has 0 saturated carbocycles. The van der Waals surface area contributed by atoms with Gasteiger partial charge in [0.25, 0.3) is 0 Å². The SMILES string of the molecule is CCOC(=O)c1cc(I)ccc1OC(C)=O. The molecule has 1 aromatic carbocycles. The molecule has 4 nitrogen and oxygen atoms in total. The topological polar surface area (TPSA) is 52.6 Å². The summed E-state index contributed by atoms with van der Waals surface area (Å²) in [6.07, 6.45) is 0. The van der Waals surface area contributed by atoms with Gasteiger partial charge in [0.2, 0.25) is 0 Å². The average molecular weight is 334 g/mol. The van der Waals surface area contributed by atoms with Crippen molar-refractivity contribution in [2.75, 3.05) is 6.61 Å². The van der Waals surface area contributed by atoms with Gasteiger partial charge in [0.1, 0.15) is 11.3 Å². The highest BCUT2D eigenvalue weighted by molar-refractivity contribution is 14.1. The van der Waals surface area contributed by atoms with Crippen molar-refractivity contribution >= 4 is 34.5 Å². The van der Waals surface area contributed by atoms with E-state index in [1.165, 1.54) is 6.92 Å². The first-order chi connectivity index (χ1) is 7.54. The fourth-order valence-corrected chi connectivity index (χ4v) is 1.61. The van der Waals surface area contributed by atoms with E-state index in [0.29, 0.717) is 0 Å². The molecule has 0 aromatic heterocycles. The molecule has 1 aromatic rings. The van der Waals surface area contributed by atoms with Crippen LogP contribution in [0.3, 0.4) is 0 Å². The summed E-state index contributed by atoms with van der Waals surface area (Å²) in [4.78, 5) is 22.4. The van der Waals surface area contributed by atoms with Crippen molar-refractivity contribution in [1.29, 1.82) is 0 Å². The van der Waals surface area contributed by atoms with Gasteiger partial charge in [-0.15, -0.1) is 0 Å². The zero-order valence-corrected chi connectivity index (χ0v) is 11.1. The molecule has 5 heteroatoms. The van der Waals surface area contributed by atoms with Gasteiger partial charge in [0.05, 0.1) is 6.61 Å². The zero-order valence-electron chi connectivity index (χ0n) is 8.95. The Balaban J connectivity index is 3.07. The molecule has 0 atom stereocenters. The minimum Gasteiger partial charge on any atom is -0.462 e. The second kappa shape index (κ2) is 5.83. The summed E-state index contributed by atoms with van der Waals surface area (Å²) in [5.74, 6) is -0.726. The Bertz CT molecular complexity index is 414. The summed E-state index contributed by atoms with van der Waals surface area (Å²) in [6.45, 7) is 3.29. The minimum atomic E-state index is -0.489. The molecule has 0 radical (unpaired) electrons. The molecule has 16 heavy (non-hydrogen) atoms. The molecule has 0 aliphatic heterocycles. The maximum absolute atomic E-state index is 11.6. The van der Waals surface area contributed by atoms with E-state index in [4.69, 9.17) is 9.47 Å². The van der Waals surface area contributed by atoms with Crippen molar-refractivity contribution in [1.82, 2.24) is 0 Å². The number of carbonyl (C=O) groups is 2. The van der Waals surface area contributed by atoms with E-state index in [0.717, 1.165) is 3.57 Å². The van der Waals surface area contributed by atoms with Gasteiger partial charge in [0, 0.05) is 10.5 Å². The normalized spacial score (nSPS) is 9.69. The lowest BCUT2D eigenvalue weighted by Gasteiger charge is -2.08. The van der Waals surface area contributed by atoms with Gasteiger partial charge < -0.3 is 9.47 Å². The van der Waals surface area contributed by atoms with Crippen molar-refractivity contribution in [3.63, 3.8) is 0 Å². The molecule has 0 fully saturated rings. The van der Waals surface area contributed by atoms with Gasteiger partial charge in [0.15, 0.2) is 0 Å². The quantitative estimate of drug-likeness (QED) is 0.484. The number of esters is 2. The standard InChI is InChI=1S/C11H11IO4/c1-3-15-11(14)9-6-8(12)4-5-10(9)16-7(2)13/h4-6H,3H2,1-2H3. The van der Waals surface area contributed by atoms with E-state index in [1.54, 1.807) is 25.1 Å². The predicted octanol–water partition coefficient (Wildman–Crippen LogP) is 2.39. The summed E-state index contributed by atoms with van der Waals surface area (Å²) < 4.78 is 10.7. The number of halogens is 1. The molecule has 0 N–H and O–H groups in total. The summed E-state index contributed by atoms with van der Waals surface area (Å²) in [7, 11) is 0. The van der Waals surface area contributed by atoms with Crippen LogP contribution < -0.4 is 4.74 Å². The molecule has 0 heterocycles. The molecule has 0 amide bonds. The lowest BCUT2D eigenvalue weighted by Crippen LogP contribution is -2.10. The van der Waals surface area contributed by atoms with Gasteiger partial charge in [-0.3, -0.25) is 4.79 Å². The molecule has 0 bridgehead atoms. The molecular weight excluding hydrogens is 323 g/mol. The van der Waals surface area contributed by atoms with E-state index in [9.17, 15) is 9.59 Å². The lowest BCUT2D eigenvalue weighted by atomic mass is 10.2. The maximum Gasteiger partial charge on any atom is 0.341 e. The first-order valence-electron chi connectivity index (χ1n) is 4.69. The Kier molecular flexibility index (Phi) is 4.72. The van der Waals surface area contributed by atoms with Crippen molar-refractivity contribution in [3.05, 3.63) is 27.3 Å². The molecular formula is C11H11IO4. The van der Waals surface area contributed by atoms with Crippen LogP contribution in [0.15, 0.2) is 18.2 Å². The number of rotatable bonds is 3. The van der Waals surface area contributed by atoms with Crippen LogP contribution >= 0.6 is 22.6 Å². The van der Waals surface area contributed by atoms with Crippen molar-refractivity contribution in [3.8, 4) is 5.75 Å². The third-order valence-corrected chi connectivity index (χ3v) is 2.36. The Morgan fingerprint density at radius 1 is 1.38 bits per heavy atom. The molecule has 1 rings (SSSR count). The van der Waals surface area contributed by atoms with Crippen LogP contribution in [0.4, 0.5) is 0 Å². The highest BCUT2D eigenvalue weighted by Crippen LogP contribution is 2.22. The zero-order chi connectivity index (χ0) is 12.1. The van der Waals surface area contributed by atoms with E-state index >= 15 is 0 Å². The van der Waals surface area contributed by atoms with E-state index in [2.05, 4.69) is 22.6 Å². The summed E-state index contributed by atoms with van der Waals surface area (Å²) >= 11 is 2.07. The second-order valence-corrected chi connectivity index (χ2v) is 4.20. The predicted molar refractivity (Wildman–Crippen MR) is 66.4 cm³/mol. The van der Waals surface area contributed by atoms with E-state index in [1.807, 2.05) is 0 Å². The number of hydrogen-bond donors (Lipinski definition) is 0. The highest BCUT2D eigenvalue weighted by atomic mass is 127. The van der Waals surface area contributed by atoms with Crippen LogP contribution in [0, 0.1) is 3.57 Å². The van der Waals surface area contributed by atoms with Gasteiger partial charge in [-0.25, -0.2) is 4.79 Å². The Labute approximate surface area is 107 Å². The van der Waals surface area contributed by atoms with Crippen LogP contribution in [0.2, 0.25) is 0 Å². The summed E-state index contributed by atoms with van der Waals surface area (Å²) in [6, 6.07) is 4.95. The number of carbonyl (C=O) groups excluding carboxylic acids is 2. The number of benzene rings is 1. The second-order valence-electron chi connectivity index (χ2n) is 2.95. The summed E-state index contributed by atoms with van der Waals surface area (Å²) in [5, 5.41) is 0. The number of ether oxygens (including phenoxy) is 2. The molecule has 0 unspecified atom stereocenters. The average Bonchev–Trinajstić information content (AvgIpc) is 2.20. The van der Waals surface area contributed by atoms with Crippen molar-refractivity contribution in [2.24, 2.45) is 0 Å². The smallest absolute Gasteiger partial charge is 0.341 e. The Hall–Kier alpha value is -1.11. The minimum absolute atomic E-state index is 0.228. The number of hydrogen-bond acceptors (Lipinski definition) is 4. The third-order valence-electron chi connectivity index (χ3n) is 1.69. The fraction of sp³-hybridized carbons (Fsp3) is 0.273. The largest absolute Gasteiger partial charge is 0.462 e. The molecule has 86 valence electrons. The van der Waals surface area contributed by atoms with Gasteiger partial charge in [-0.1, -0.05) is 0 Å². The van der Waals surface area contributed by atoms with E-state index in [-0.39, 0.29) is 17.9 Å². The summed E-state index contributed by atoms with van der Waals surface area (Å²) in [5.41, 5.74) is 0.268. The van der Waals surface area contributed by atoms with E-state index < -0.39 is 11.9 Å². The van der Waals surface area contributed by atoms with Crippen molar-refractivity contribution < 1.29 is 19.1 Å². The highest BCUT2D eigenvalue weighted by Gasteiger charge is 2.15.